The highest BCUT2D eigenvalue weighted by molar-refractivity contribution is 5.28. The van der Waals surface area contributed by atoms with E-state index in [1.54, 1.807) is 7.11 Å². The van der Waals surface area contributed by atoms with Crippen LogP contribution in [0.3, 0.4) is 0 Å². The second-order valence-electron chi connectivity index (χ2n) is 4.58. The molecule has 0 saturated heterocycles. The summed E-state index contributed by atoms with van der Waals surface area (Å²) in [7, 11) is 1.68. The van der Waals surface area contributed by atoms with Gasteiger partial charge in [0.15, 0.2) is 0 Å². The third-order valence-corrected chi connectivity index (χ3v) is 3.09. The van der Waals surface area contributed by atoms with Gasteiger partial charge in [0.1, 0.15) is 5.75 Å². The van der Waals surface area contributed by atoms with E-state index in [2.05, 4.69) is 25.0 Å². The number of benzene rings is 1. The number of ether oxygens (including phenoxy) is 2. The molecule has 0 radical (unpaired) electrons. The Hall–Kier alpha value is -1.46. The molecule has 0 bridgehead atoms. The Morgan fingerprint density at radius 2 is 1.95 bits per heavy atom. The van der Waals surface area contributed by atoms with E-state index >= 15 is 0 Å². The normalized spacial score (nSPS) is 11.8. The molecule has 2 nitrogen and oxygen atoms in total. The lowest BCUT2D eigenvalue weighted by Crippen LogP contribution is -2.06. The van der Waals surface area contributed by atoms with Crippen molar-refractivity contribution in [1.29, 1.82) is 0 Å². The van der Waals surface area contributed by atoms with Gasteiger partial charge in [0.05, 0.1) is 13.2 Å². The van der Waals surface area contributed by atoms with Crippen LogP contribution in [0.15, 0.2) is 24.3 Å². The number of unbranched alkanes of at least 4 members (excludes halogenated alkanes) is 2. The standard InChI is InChI=1S/C17H24O2/c1-4-6-8-14-19-17(9-7-5-2)15-10-12-16(18-3)13-11-15/h1,10-13,17H,5-9,14H2,2-3H3. The second kappa shape index (κ2) is 9.47. The molecule has 104 valence electrons. The Bertz CT molecular complexity index is 375. The summed E-state index contributed by atoms with van der Waals surface area (Å²) in [5.41, 5.74) is 1.22. The molecule has 0 heterocycles. The molecule has 19 heavy (non-hydrogen) atoms. The molecular formula is C17H24O2. The highest BCUT2D eigenvalue weighted by Gasteiger charge is 2.11. The number of hydrogen-bond acceptors (Lipinski definition) is 2. The molecule has 0 saturated carbocycles. The minimum absolute atomic E-state index is 0.170. The summed E-state index contributed by atoms with van der Waals surface area (Å²) in [6, 6.07) is 8.14. The summed E-state index contributed by atoms with van der Waals surface area (Å²) >= 11 is 0. The van der Waals surface area contributed by atoms with Gasteiger partial charge in [0.2, 0.25) is 0 Å². The van der Waals surface area contributed by atoms with E-state index in [4.69, 9.17) is 15.9 Å². The van der Waals surface area contributed by atoms with Crippen LogP contribution in [0, 0.1) is 12.3 Å². The van der Waals surface area contributed by atoms with Crippen LogP contribution in [0.4, 0.5) is 0 Å². The van der Waals surface area contributed by atoms with Gasteiger partial charge in [-0.2, -0.15) is 0 Å². The highest BCUT2D eigenvalue weighted by Crippen LogP contribution is 2.25. The second-order valence-corrected chi connectivity index (χ2v) is 4.58. The molecule has 2 heteroatoms. The van der Waals surface area contributed by atoms with Gasteiger partial charge >= 0.3 is 0 Å². The Morgan fingerprint density at radius 3 is 2.53 bits per heavy atom. The van der Waals surface area contributed by atoms with Crippen molar-refractivity contribution in [2.24, 2.45) is 0 Å². The topological polar surface area (TPSA) is 18.5 Å². The molecule has 0 amide bonds. The summed E-state index contributed by atoms with van der Waals surface area (Å²) < 4.78 is 11.1. The molecule has 1 unspecified atom stereocenters. The van der Waals surface area contributed by atoms with Crippen molar-refractivity contribution in [3.63, 3.8) is 0 Å². The van der Waals surface area contributed by atoms with Gasteiger partial charge in [-0.1, -0.05) is 31.9 Å². The number of rotatable bonds is 9. The molecule has 1 rings (SSSR count). The van der Waals surface area contributed by atoms with Crippen LogP contribution in [-0.2, 0) is 4.74 Å². The third-order valence-electron chi connectivity index (χ3n) is 3.09. The summed E-state index contributed by atoms with van der Waals surface area (Å²) in [6.45, 7) is 2.92. The molecule has 1 aromatic carbocycles. The molecule has 1 aromatic rings. The fourth-order valence-electron chi connectivity index (χ4n) is 1.95. The van der Waals surface area contributed by atoms with Gasteiger partial charge in [0.25, 0.3) is 0 Å². The molecular weight excluding hydrogens is 236 g/mol. The lowest BCUT2D eigenvalue weighted by molar-refractivity contribution is 0.0441. The predicted octanol–water partition coefficient (Wildman–Crippen LogP) is 4.36. The summed E-state index contributed by atoms with van der Waals surface area (Å²) in [4.78, 5) is 0. The lowest BCUT2D eigenvalue weighted by Gasteiger charge is -2.18. The van der Waals surface area contributed by atoms with Crippen LogP contribution in [-0.4, -0.2) is 13.7 Å². The van der Waals surface area contributed by atoms with Crippen LogP contribution < -0.4 is 4.74 Å². The Kier molecular flexibility index (Phi) is 7.77. The molecule has 0 spiro atoms. The van der Waals surface area contributed by atoms with Gasteiger partial charge in [-0.25, -0.2) is 0 Å². The minimum Gasteiger partial charge on any atom is -0.497 e. The van der Waals surface area contributed by atoms with Crippen LogP contribution in [0.1, 0.15) is 50.7 Å². The van der Waals surface area contributed by atoms with Crippen LogP contribution in [0.2, 0.25) is 0 Å². The fourth-order valence-corrected chi connectivity index (χ4v) is 1.95. The van der Waals surface area contributed by atoms with E-state index in [1.807, 2.05) is 12.1 Å². The Balaban J connectivity index is 2.58. The number of hydrogen-bond donors (Lipinski definition) is 0. The van der Waals surface area contributed by atoms with Gasteiger partial charge in [-0.05, 0) is 30.5 Å². The molecule has 0 aliphatic carbocycles. The Morgan fingerprint density at radius 1 is 1.21 bits per heavy atom. The average Bonchev–Trinajstić information content (AvgIpc) is 2.47. The third kappa shape index (κ3) is 5.81. The lowest BCUT2D eigenvalue weighted by atomic mass is 10.0. The highest BCUT2D eigenvalue weighted by atomic mass is 16.5. The summed E-state index contributed by atoms with van der Waals surface area (Å²) in [5.74, 6) is 3.52. The van der Waals surface area contributed by atoms with E-state index in [0.717, 1.165) is 31.6 Å². The first-order chi connectivity index (χ1) is 9.31. The van der Waals surface area contributed by atoms with E-state index in [-0.39, 0.29) is 6.10 Å². The molecule has 0 fully saturated rings. The molecule has 0 aliphatic heterocycles. The van der Waals surface area contributed by atoms with Crippen molar-refractivity contribution < 1.29 is 9.47 Å². The first-order valence-electron chi connectivity index (χ1n) is 7.00. The van der Waals surface area contributed by atoms with E-state index in [1.165, 1.54) is 18.4 Å². The van der Waals surface area contributed by atoms with E-state index in [0.29, 0.717) is 0 Å². The van der Waals surface area contributed by atoms with Crippen LogP contribution >= 0.6 is 0 Å². The maximum absolute atomic E-state index is 5.97. The quantitative estimate of drug-likeness (QED) is 0.485. The fraction of sp³-hybridized carbons (Fsp3) is 0.529. The Labute approximate surface area is 117 Å². The van der Waals surface area contributed by atoms with Crippen molar-refractivity contribution in [3.8, 4) is 18.1 Å². The monoisotopic (exact) mass is 260 g/mol. The van der Waals surface area contributed by atoms with Crippen molar-refractivity contribution >= 4 is 0 Å². The van der Waals surface area contributed by atoms with Crippen molar-refractivity contribution in [3.05, 3.63) is 29.8 Å². The molecule has 0 aliphatic rings. The average molecular weight is 260 g/mol. The van der Waals surface area contributed by atoms with Crippen molar-refractivity contribution in [1.82, 2.24) is 0 Å². The summed E-state index contributed by atoms with van der Waals surface area (Å²) in [6.07, 6.45) is 10.5. The van der Waals surface area contributed by atoms with Gasteiger partial charge in [-0.15, -0.1) is 12.3 Å². The molecule has 0 N–H and O–H groups in total. The van der Waals surface area contributed by atoms with Crippen LogP contribution in [0.5, 0.6) is 5.75 Å². The predicted molar refractivity (Wildman–Crippen MR) is 79.3 cm³/mol. The maximum atomic E-state index is 5.97. The van der Waals surface area contributed by atoms with E-state index in [9.17, 15) is 0 Å². The minimum atomic E-state index is 0.170. The smallest absolute Gasteiger partial charge is 0.118 e. The zero-order valence-electron chi connectivity index (χ0n) is 12.0. The van der Waals surface area contributed by atoms with Gasteiger partial charge in [0, 0.05) is 13.0 Å². The SMILES string of the molecule is C#CCCCOC(CCCC)c1ccc(OC)cc1. The molecule has 1 atom stereocenters. The van der Waals surface area contributed by atoms with Gasteiger partial charge in [-0.3, -0.25) is 0 Å². The van der Waals surface area contributed by atoms with Gasteiger partial charge < -0.3 is 9.47 Å². The number of methoxy groups -OCH3 is 1. The van der Waals surface area contributed by atoms with Crippen molar-refractivity contribution in [2.75, 3.05) is 13.7 Å². The van der Waals surface area contributed by atoms with Crippen LogP contribution in [0.25, 0.3) is 0 Å². The molecule has 0 aromatic heterocycles. The van der Waals surface area contributed by atoms with Crippen molar-refractivity contribution in [2.45, 2.75) is 45.1 Å². The first-order valence-corrected chi connectivity index (χ1v) is 7.00. The zero-order chi connectivity index (χ0) is 13.9. The number of terminal acetylenes is 1. The summed E-state index contributed by atoms with van der Waals surface area (Å²) in [5, 5.41) is 0. The maximum Gasteiger partial charge on any atom is 0.118 e. The zero-order valence-corrected chi connectivity index (χ0v) is 12.0. The first kappa shape index (κ1) is 15.6. The largest absolute Gasteiger partial charge is 0.497 e. The van der Waals surface area contributed by atoms with E-state index < -0.39 is 0 Å².